The molecule has 1 heterocycles. The summed E-state index contributed by atoms with van der Waals surface area (Å²) in [5, 5.41) is 2.89. The third-order valence-corrected chi connectivity index (χ3v) is 8.26. The van der Waals surface area contributed by atoms with Gasteiger partial charge in [-0.25, -0.2) is 13.2 Å². The summed E-state index contributed by atoms with van der Waals surface area (Å²) < 4.78 is 33.5. The Balaban J connectivity index is 1.94. The van der Waals surface area contributed by atoms with E-state index in [-0.39, 0.29) is 21.2 Å². The number of nitrogens with one attached hydrogen (secondary N) is 2. The van der Waals surface area contributed by atoms with Crippen molar-refractivity contribution in [1.29, 1.82) is 0 Å². The maximum absolute atomic E-state index is 13.0. The summed E-state index contributed by atoms with van der Waals surface area (Å²) in [5.41, 5.74) is 1.83. The number of hydrogen-bond donors (Lipinski definition) is 2. The number of esters is 1. The number of methoxy groups -OCH3 is 1. The third-order valence-electron chi connectivity index (χ3n) is 5.59. The van der Waals surface area contributed by atoms with Crippen molar-refractivity contribution in [3.63, 3.8) is 0 Å². The Labute approximate surface area is 187 Å². The lowest BCUT2D eigenvalue weighted by Gasteiger charge is -2.33. The second-order valence-electron chi connectivity index (χ2n) is 8.82. The molecule has 0 aliphatic heterocycles. The minimum Gasteiger partial charge on any atom is -0.465 e. The highest BCUT2D eigenvalue weighted by atomic mass is 32.2. The van der Waals surface area contributed by atoms with Crippen LogP contribution in [0, 0.1) is 11.3 Å². The maximum atomic E-state index is 13.0. The fraction of sp³-hybridized carbons (Fsp3) is 0.455. The average Bonchev–Trinajstić information content (AvgIpc) is 3.02. The topological polar surface area (TPSA) is 102 Å². The molecule has 1 atom stereocenters. The Morgan fingerprint density at radius 3 is 2.35 bits per heavy atom. The number of carbonyl (C=O) groups excluding carboxylic acids is 2. The largest absolute Gasteiger partial charge is 0.465 e. The van der Waals surface area contributed by atoms with Crippen LogP contribution in [0.4, 0.5) is 10.7 Å². The van der Waals surface area contributed by atoms with Crippen LogP contribution in [0.2, 0.25) is 0 Å². The maximum Gasteiger partial charge on any atom is 0.341 e. The van der Waals surface area contributed by atoms with Crippen molar-refractivity contribution in [1.82, 2.24) is 0 Å². The van der Waals surface area contributed by atoms with Crippen LogP contribution < -0.4 is 10.0 Å². The molecule has 0 bridgehead atoms. The molecule has 3 rings (SSSR count). The van der Waals surface area contributed by atoms with E-state index in [2.05, 4.69) is 30.8 Å². The first-order valence-electron chi connectivity index (χ1n) is 10.1. The van der Waals surface area contributed by atoms with Crippen molar-refractivity contribution in [2.75, 3.05) is 17.1 Å². The quantitative estimate of drug-likeness (QED) is 0.637. The van der Waals surface area contributed by atoms with Gasteiger partial charge in [0.25, 0.3) is 10.0 Å². The molecule has 0 spiro atoms. The van der Waals surface area contributed by atoms with E-state index in [1.807, 2.05) is 0 Å². The molecule has 2 aromatic rings. The van der Waals surface area contributed by atoms with Gasteiger partial charge < -0.3 is 10.1 Å². The Hall–Kier alpha value is -2.39. The van der Waals surface area contributed by atoms with Crippen LogP contribution in [0.5, 0.6) is 0 Å². The van der Waals surface area contributed by atoms with E-state index < -0.39 is 16.0 Å². The van der Waals surface area contributed by atoms with Gasteiger partial charge in [0.2, 0.25) is 5.91 Å². The summed E-state index contributed by atoms with van der Waals surface area (Å²) >= 11 is 1.31. The number of sulfonamides is 1. The number of ether oxygens (including phenoxy) is 1. The molecular formula is C22H28N2O5S2. The van der Waals surface area contributed by atoms with Gasteiger partial charge in [0.05, 0.1) is 17.6 Å². The monoisotopic (exact) mass is 464 g/mol. The Kier molecular flexibility index (Phi) is 6.48. The predicted octanol–water partition coefficient (Wildman–Crippen LogP) is 4.44. The minimum atomic E-state index is -3.92. The zero-order valence-corrected chi connectivity index (χ0v) is 20.0. The van der Waals surface area contributed by atoms with E-state index in [1.165, 1.54) is 49.6 Å². The van der Waals surface area contributed by atoms with Crippen LogP contribution in [0.25, 0.3) is 0 Å². The third kappa shape index (κ3) is 5.10. The smallest absolute Gasteiger partial charge is 0.341 e. The second-order valence-corrected chi connectivity index (χ2v) is 11.6. The molecule has 1 aliphatic rings. The van der Waals surface area contributed by atoms with Gasteiger partial charge in [-0.15, -0.1) is 11.3 Å². The summed E-state index contributed by atoms with van der Waals surface area (Å²) in [6, 6.07) is 5.86. The molecule has 0 saturated heterocycles. The van der Waals surface area contributed by atoms with Gasteiger partial charge in [0, 0.05) is 17.5 Å². The van der Waals surface area contributed by atoms with E-state index in [4.69, 9.17) is 4.74 Å². The van der Waals surface area contributed by atoms with E-state index in [9.17, 15) is 18.0 Å². The fourth-order valence-electron chi connectivity index (χ4n) is 3.82. The zero-order chi connectivity index (χ0) is 23.0. The molecule has 168 valence electrons. The average molecular weight is 465 g/mol. The lowest BCUT2D eigenvalue weighted by Crippen LogP contribution is -2.26. The Bertz CT molecular complexity index is 1100. The number of hydrogen-bond acceptors (Lipinski definition) is 6. The fourth-order valence-corrected chi connectivity index (χ4v) is 6.44. The summed E-state index contributed by atoms with van der Waals surface area (Å²) in [5.74, 6) is -0.325. The molecule has 1 aromatic carbocycles. The van der Waals surface area contributed by atoms with Crippen LogP contribution in [-0.4, -0.2) is 27.4 Å². The lowest BCUT2D eigenvalue weighted by molar-refractivity contribution is -0.114. The first kappa shape index (κ1) is 23.3. The molecule has 1 aliphatic carbocycles. The van der Waals surface area contributed by atoms with Crippen molar-refractivity contribution < 1.29 is 22.7 Å². The predicted molar refractivity (Wildman–Crippen MR) is 122 cm³/mol. The Morgan fingerprint density at radius 1 is 1.16 bits per heavy atom. The molecule has 9 heteroatoms. The van der Waals surface area contributed by atoms with Crippen molar-refractivity contribution in [2.24, 2.45) is 11.3 Å². The van der Waals surface area contributed by atoms with E-state index in [0.717, 1.165) is 23.3 Å². The van der Waals surface area contributed by atoms with E-state index in [0.29, 0.717) is 23.6 Å². The summed E-state index contributed by atoms with van der Waals surface area (Å²) in [6.07, 6.45) is 2.46. The van der Waals surface area contributed by atoms with Crippen LogP contribution in [0.15, 0.2) is 29.2 Å². The van der Waals surface area contributed by atoms with Crippen LogP contribution in [0.3, 0.4) is 0 Å². The van der Waals surface area contributed by atoms with Gasteiger partial charge in [0.1, 0.15) is 5.00 Å². The van der Waals surface area contributed by atoms with E-state index in [1.54, 1.807) is 0 Å². The Morgan fingerprint density at radius 2 is 1.81 bits per heavy atom. The number of carbonyl (C=O) groups is 2. The van der Waals surface area contributed by atoms with Crippen molar-refractivity contribution in [3.8, 4) is 0 Å². The van der Waals surface area contributed by atoms with Gasteiger partial charge >= 0.3 is 5.97 Å². The minimum absolute atomic E-state index is 0.0383. The molecule has 1 amide bonds. The number of amides is 1. The first-order valence-corrected chi connectivity index (χ1v) is 12.4. The lowest BCUT2D eigenvalue weighted by atomic mass is 9.72. The molecule has 0 radical (unpaired) electrons. The number of thiophene rings is 1. The van der Waals surface area contributed by atoms with Crippen molar-refractivity contribution >= 4 is 43.9 Å². The van der Waals surface area contributed by atoms with Gasteiger partial charge in [-0.1, -0.05) is 20.8 Å². The normalized spacial score (nSPS) is 16.4. The number of fused-ring (bicyclic) bond motifs is 1. The summed E-state index contributed by atoms with van der Waals surface area (Å²) in [6.45, 7) is 7.98. The molecule has 1 aromatic heterocycles. The molecule has 2 N–H and O–H groups in total. The second kappa shape index (κ2) is 8.63. The SMILES string of the molecule is COC(=O)c1c(NS(=O)(=O)c2ccc(NC(C)=O)cc2)sc2c1CC[C@@H](C(C)(C)C)C2. The van der Waals surface area contributed by atoms with Gasteiger partial charge in [-0.05, 0) is 60.4 Å². The highest BCUT2D eigenvalue weighted by Crippen LogP contribution is 2.45. The molecule has 0 unspecified atom stereocenters. The molecule has 0 saturated carbocycles. The molecule has 31 heavy (non-hydrogen) atoms. The van der Waals surface area contributed by atoms with Crippen molar-refractivity contribution in [3.05, 3.63) is 40.3 Å². The zero-order valence-electron chi connectivity index (χ0n) is 18.4. The standard InChI is InChI=1S/C22H28N2O5S2/c1-13(25)23-15-7-9-16(10-8-15)31(27,28)24-20-19(21(26)29-5)17-11-6-14(22(2,3)4)12-18(17)30-20/h7-10,14,24H,6,11-12H2,1-5H3,(H,23,25)/t14-/m1/s1. The first-order chi connectivity index (χ1) is 14.4. The van der Waals surface area contributed by atoms with E-state index >= 15 is 0 Å². The van der Waals surface area contributed by atoms with Gasteiger partial charge in [-0.2, -0.15) is 0 Å². The van der Waals surface area contributed by atoms with Crippen LogP contribution >= 0.6 is 11.3 Å². The summed E-state index contributed by atoms with van der Waals surface area (Å²) in [4.78, 5) is 24.8. The van der Waals surface area contributed by atoms with Crippen LogP contribution in [-0.2, 0) is 32.4 Å². The highest BCUT2D eigenvalue weighted by Gasteiger charge is 2.35. The number of rotatable bonds is 5. The van der Waals surface area contributed by atoms with Gasteiger partial charge in [0.15, 0.2) is 0 Å². The van der Waals surface area contributed by atoms with Crippen molar-refractivity contribution in [2.45, 2.75) is 51.9 Å². The number of benzene rings is 1. The van der Waals surface area contributed by atoms with Crippen LogP contribution in [0.1, 0.15) is 54.9 Å². The molecule has 7 nitrogen and oxygen atoms in total. The highest BCUT2D eigenvalue weighted by molar-refractivity contribution is 7.93. The molecule has 0 fully saturated rings. The summed E-state index contributed by atoms with van der Waals surface area (Å²) in [7, 11) is -2.63. The molecular weight excluding hydrogens is 436 g/mol. The number of anilines is 2. The van der Waals surface area contributed by atoms with Gasteiger partial charge in [-0.3, -0.25) is 9.52 Å².